The molecule has 1 unspecified atom stereocenters. The van der Waals surface area contributed by atoms with E-state index in [1.54, 1.807) is 9.91 Å². The number of carbonyl (C=O) groups excluding carboxylic acids is 3. The zero-order chi connectivity index (χ0) is 32.0. The maximum Gasteiger partial charge on any atom is 0.332 e. The number of fused-ring (bicyclic) bond motifs is 1. The van der Waals surface area contributed by atoms with Gasteiger partial charge in [0.2, 0.25) is 11.8 Å². The van der Waals surface area contributed by atoms with Gasteiger partial charge in [-0.2, -0.15) is 5.01 Å². The molecule has 0 aliphatic carbocycles. The Morgan fingerprint density at radius 3 is 2.35 bits per heavy atom. The number of halogens is 1. The van der Waals surface area contributed by atoms with Gasteiger partial charge in [0.15, 0.2) is 0 Å². The third-order valence-corrected chi connectivity index (χ3v) is 9.17. The lowest BCUT2D eigenvalue weighted by Crippen LogP contribution is -2.66. The highest BCUT2D eigenvalue weighted by atomic mass is 35.5. The van der Waals surface area contributed by atoms with E-state index in [0.717, 1.165) is 22.4 Å². The summed E-state index contributed by atoms with van der Waals surface area (Å²) < 4.78 is 5.58. The van der Waals surface area contributed by atoms with Crippen molar-refractivity contribution < 1.29 is 19.1 Å². The predicted octanol–water partition coefficient (Wildman–Crippen LogP) is 4.14. The lowest BCUT2D eigenvalue weighted by Gasteiger charge is -2.46. The van der Waals surface area contributed by atoms with E-state index < -0.39 is 12.2 Å². The summed E-state index contributed by atoms with van der Waals surface area (Å²) >= 11 is 6.77. The van der Waals surface area contributed by atoms with Gasteiger partial charge < -0.3 is 24.8 Å². The molecule has 3 aliphatic heterocycles. The smallest absolute Gasteiger partial charge is 0.332 e. The summed E-state index contributed by atoms with van der Waals surface area (Å²) in [6, 6.07) is 24.3. The molecule has 4 amide bonds. The highest BCUT2D eigenvalue weighted by Gasteiger charge is 2.52. The average molecular weight is 645 g/mol. The number of nitrogens with one attached hydrogen (secondary N) is 1. The van der Waals surface area contributed by atoms with Crippen LogP contribution >= 0.6 is 11.6 Å². The Labute approximate surface area is 275 Å². The molecule has 2 atom stereocenters. The third kappa shape index (κ3) is 6.84. The molecule has 0 spiro atoms. The zero-order valence-corrected chi connectivity index (χ0v) is 26.9. The van der Waals surface area contributed by atoms with Crippen molar-refractivity contribution in [2.75, 3.05) is 50.8 Å². The molecule has 242 valence electrons. The molecular weight excluding hydrogens is 604 g/mol. The molecule has 0 bridgehead atoms. The number of piperazine rings is 1. The number of carbonyl (C=O) groups is 3. The first-order valence-electron chi connectivity index (χ1n) is 16.0. The first kappa shape index (κ1) is 31.8. The Bertz CT molecular complexity index is 1520. The number of benzene rings is 3. The molecule has 6 rings (SSSR count). The first-order chi connectivity index (χ1) is 22.4. The number of morpholine rings is 1. The van der Waals surface area contributed by atoms with Crippen molar-refractivity contribution in [3.05, 3.63) is 101 Å². The third-order valence-electron chi connectivity index (χ3n) is 8.86. The largest absolute Gasteiger partial charge is 0.378 e. The fourth-order valence-corrected chi connectivity index (χ4v) is 7.00. The second kappa shape index (κ2) is 14.5. The molecule has 0 aromatic heterocycles. The minimum Gasteiger partial charge on any atom is -0.378 e. The number of nitrogens with zero attached hydrogens (tertiary/aromatic N) is 5. The fourth-order valence-electron chi connectivity index (χ4n) is 6.69. The topological polar surface area (TPSA) is 88.7 Å². The normalized spacial score (nSPS) is 20.2. The molecule has 3 heterocycles. The van der Waals surface area contributed by atoms with E-state index in [4.69, 9.17) is 16.3 Å². The van der Waals surface area contributed by atoms with Crippen LogP contribution < -0.4 is 10.2 Å². The van der Waals surface area contributed by atoms with Gasteiger partial charge >= 0.3 is 6.03 Å². The van der Waals surface area contributed by atoms with E-state index in [2.05, 4.69) is 10.2 Å². The van der Waals surface area contributed by atoms with Crippen molar-refractivity contribution in [1.82, 2.24) is 25.1 Å². The van der Waals surface area contributed by atoms with Crippen LogP contribution in [-0.4, -0.2) is 95.8 Å². The standard InChI is InChI=1S/C35H41ClN6O4/c1-2-16-40(35(45)37-22-27-12-7-4-8-13-27)41-25-32(43)42-30(21-26-10-5-3-6-11-26)34(44)39(24-31(41)42)23-28-14-9-15-29(36)33(28)38-17-19-46-20-18-38/h3-15,30-31H,2,16-25H2,1H3,(H,37,45)/t30-,31?/m0/s1. The number of hydrogen-bond donors (Lipinski definition) is 1. The monoisotopic (exact) mass is 644 g/mol. The number of amides is 4. The van der Waals surface area contributed by atoms with Gasteiger partial charge in [-0.1, -0.05) is 91.3 Å². The molecule has 3 aliphatic rings. The average Bonchev–Trinajstić information content (AvgIpc) is 3.40. The van der Waals surface area contributed by atoms with E-state index in [9.17, 15) is 14.4 Å². The van der Waals surface area contributed by atoms with Crippen molar-refractivity contribution in [1.29, 1.82) is 0 Å². The van der Waals surface area contributed by atoms with Crippen LogP contribution in [0.5, 0.6) is 0 Å². The molecule has 1 N–H and O–H groups in total. The van der Waals surface area contributed by atoms with E-state index in [-0.39, 0.29) is 30.9 Å². The van der Waals surface area contributed by atoms with Gasteiger partial charge in [-0.25, -0.2) is 4.79 Å². The van der Waals surface area contributed by atoms with Crippen LogP contribution in [0.3, 0.4) is 0 Å². The van der Waals surface area contributed by atoms with Gasteiger partial charge in [-0.15, -0.1) is 0 Å². The van der Waals surface area contributed by atoms with Crippen molar-refractivity contribution in [3.63, 3.8) is 0 Å². The van der Waals surface area contributed by atoms with Gasteiger partial charge in [-0.3, -0.25) is 14.6 Å². The molecule has 3 aromatic rings. The van der Waals surface area contributed by atoms with Crippen molar-refractivity contribution in [2.24, 2.45) is 0 Å². The predicted molar refractivity (Wildman–Crippen MR) is 177 cm³/mol. The summed E-state index contributed by atoms with van der Waals surface area (Å²) in [6.45, 7) is 6.07. The minimum absolute atomic E-state index is 0.0199. The number of rotatable bonds is 10. The maximum absolute atomic E-state index is 14.3. The second-order valence-electron chi connectivity index (χ2n) is 11.9. The van der Waals surface area contributed by atoms with E-state index in [1.807, 2.05) is 95.7 Å². The lowest BCUT2D eigenvalue weighted by atomic mass is 9.99. The maximum atomic E-state index is 14.3. The van der Waals surface area contributed by atoms with E-state index >= 15 is 0 Å². The Hall–Kier alpha value is -4.12. The molecule has 0 radical (unpaired) electrons. The molecular formula is C35H41ClN6O4. The summed E-state index contributed by atoms with van der Waals surface area (Å²) in [5.74, 6) is -0.272. The van der Waals surface area contributed by atoms with Crippen LogP contribution in [0.2, 0.25) is 5.02 Å². The van der Waals surface area contributed by atoms with Crippen LogP contribution in [-0.2, 0) is 33.8 Å². The van der Waals surface area contributed by atoms with Gasteiger partial charge in [0.25, 0.3) is 0 Å². The quantitative estimate of drug-likeness (QED) is 0.357. The molecule has 3 fully saturated rings. The van der Waals surface area contributed by atoms with Gasteiger partial charge in [-0.05, 0) is 29.2 Å². The number of hydrogen-bond acceptors (Lipinski definition) is 6. The van der Waals surface area contributed by atoms with Crippen LogP contribution in [0.4, 0.5) is 10.5 Å². The molecule has 3 saturated heterocycles. The van der Waals surface area contributed by atoms with Crippen LogP contribution in [0.1, 0.15) is 30.0 Å². The van der Waals surface area contributed by atoms with Crippen molar-refractivity contribution in [2.45, 2.75) is 45.1 Å². The van der Waals surface area contributed by atoms with Crippen LogP contribution in [0, 0.1) is 0 Å². The van der Waals surface area contributed by atoms with Crippen LogP contribution in [0.25, 0.3) is 0 Å². The fraction of sp³-hybridized carbons (Fsp3) is 0.400. The molecule has 0 saturated carbocycles. The molecule has 3 aromatic carbocycles. The molecule has 46 heavy (non-hydrogen) atoms. The molecule has 11 heteroatoms. The number of hydrazine groups is 1. The minimum atomic E-state index is -0.708. The highest BCUT2D eigenvalue weighted by Crippen LogP contribution is 2.34. The summed E-state index contributed by atoms with van der Waals surface area (Å²) in [5, 5.41) is 7.17. The number of ether oxygens (including phenoxy) is 1. The van der Waals surface area contributed by atoms with Crippen molar-refractivity contribution >= 4 is 35.1 Å². The highest BCUT2D eigenvalue weighted by molar-refractivity contribution is 6.33. The Morgan fingerprint density at radius 2 is 1.65 bits per heavy atom. The van der Waals surface area contributed by atoms with Crippen molar-refractivity contribution in [3.8, 4) is 0 Å². The number of urea groups is 1. The Morgan fingerprint density at radius 1 is 0.957 bits per heavy atom. The SMILES string of the molecule is CCCN(C(=O)NCc1ccccc1)N1CC(=O)N2C1CN(Cc1cccc(Cl)c1N1CCOCC1)C(=O)[C@@H]2Cc1ccccc1. The summed E-state index contributed by atoms with van der Waals surface area (Å²) in [6.07, 6.45) is 0.586. The second-order valence-corrected chi connectivity index (χ2v) is 12.3. The zero-order valence-electron chi connectivity index (χ0n) is 26.2. The first-order valence-corrected chi connectivity index (χ1v) is 16.4. The van der Waals surface area contributed by atoms with Gasteiger partial charge in [0, 0.05) is 39.1 Å². The van der Waals surface area contributed by atoms with E-state index in [0.29, 0.717) is 63.8 Å². The summed E-state index contributed by atoms with van der Waals surface area (Å²) in [4.78, 5) is 47.5. The van der Waals surface area contributed by atoms with Gasteiger partial charge in [0.1, 0.15) is 12.2 Å². The Kier molecular flexibility index (Phi) is 10.1. The lowest BCUT2D eigenvalue weighted by molar-refractivity contribution is -0.157. The Balaban J connectivity index is 1.31. The van der Waals surface area contributed by atoms with Crippen LogP contribution in [0.15, 0.2) is 78.9 Å². The molecule has 10 nitrogen and oxygen atoms in total. The number of para-hydroxylation sites is 1. The van der Waals surface area contributed by atoms with E-state index in [1.165, 1.54) is 0 Å². The van der Waals surface area contributed by atoms with Gasteiger partial charge in [0.05, 0.1) is 37.0 Å². The summed E-state index contributed by atoms with van der Waals surface area (Å²) in [7, 11) is 0. The summed E-state index contributed by atoms with van der Waals surface area (Å²) in [5.41, 5.74) is 3.81. The number of anilines is 1.